The van der Waals surface area contributed by atoms with E-state index in [1.807, 2.05) is 13.8 Å². The second-order valence-electron chi connectivity index (χ2n) is 4.75. The van der Waals surface area contributed by atoms with Gasteiger partial charge in [-0.2, -0.15) is 10.2 Å². The van der Waals surface area contributed by atoms with E-state index >= 15 is 0 Å². The third-order valence-corrected chi connectivity index (χ3v) is 3.03. The Labute approximate surface area is 139 Å². The van der Waals surface area contributed by atoms with Crippen LogP contribution in [0.15, 0.2) is 42.9 Å². The molecule has 2 aromatic heterocycles. The Morgan fingerprint density at radius 3 is 2.62 bits per heavy atom. The Kier molecular flexibility index (Phi) is 5.20. The molecule has 1 aromatic carbocycles. The minimum Gasteiger partial charge on any atom is -0.508 e. The number of nitrogens with one attached hydrogen (secondary N) is 1. The van der Waals surface area contributed by atoms with Crippen LogP contribution in [-0.4, -0.2) is 30.6 Å². The average Bonchev–Trinajstić information content (AvgIpc) is 3.16. The molecule has 0 aliphatic rings. The van der Waals surface area contributed by atoms with Crippen LogP contribution in [0.4, 0.5) is 11.4 Å². The van der Waals surface area contributed by atoms with Crippen molar-refractivity contribution in [3.63, 3.8) is 0 Å². The zero-order chi connectivity index (χ0) is 17.7. The van der Waals surface area contributed by atoms with E-state index in [0.29, 0.717) is 17.1 Å². The number of benzene rings is 1. The van der Waals surface area contributed by atoms with E-state index in [1.165, 1.54) is 10.7 Å². The molecule has 8 nitrogen and oxygen atoms in total. The highest BCUT2D eigenvalue weighted by Gasteiger charge is 2.15. The molecule has 3 rings (SSSR count). The van der Waals surface area contributed by atoms with Gasteiger partial charge in [0.2, 0.25) is 0 Å². The smallest absolute Gasteiger partial charge is 0.271 e. The summed E-state index contributed by atoms with van der Waals surface area (Å²) < 4.78 is 3.10. The average molecular weight is 328 g/mol. The molecule has 0 saturated carbocycles. The van der Waals surface area contributed by atoms with Crippen molar-refractivity contribution in [2.45, 2.75) is 13.8 Å². The van der Waals surface area contributed by atoms with Crippen LogP contribution >= 0.6 is 0 Å². The first-order valence-corrected chi connectivity index (χ1v) is 7.47. The summed E-state index contributed by atoms with van der Waals surface area (Å²) in [6.45, 7) is 4.00. The SMILES string of the molecule is CC.Cn1cc(Nc2cn(-c3cccc(O)c3)nc2C(N)=O)cn1. The summed E-state index contributed by atoms with van der Waals surface area (Å²) in [5, 5.41) is 20.8. The molecule has 0 saturated heterocycles. The van der Waals surface area contributed by atoms with E-state index in [4.69, 9.17) is 5.73 Å². The summed E-state index contributed by atoms with van der Waals surface area (Å²) in [4.78, 5) is 11.6. The molecule has 8 heteroatoms. The Morgan fingerprint density at radius 2 is 2.04 bits per heavy atom. The van der Waals surface area contributed by atoms with Crippen molar-refractivity contribution >= 4 is 17.3 Å². The first-order valence-electron chi connectivity index (χ1n) is 7.47. The number of aromatic hydroxyl groups is 1. The molecule has 2 heterocycles. The van der Waals surface area contributed by atoms with Crippen molar-refractivity contribution in [3.05, 3.63) is 48.5 Å². The molecule has 0 radical (unpaired) electrons. The van der Waals surface area contributed by atoms with Gasteiger partial charge in [0, 0.05) is 19.3 Å². The van der Waals surface area contributed by atoms with Crippen molar-refractivity contribution in [1.82, 2.24) is 19.6 Å². The molecular formula is C16H20N6O2. The highest BCUT2D eigenvalue weighted by Crippen LogP contribution is 2.22. The van der Waals surface area contributed by atoms with Crippen molar-refractivity contribution in [3.8, 4) is 11.4 Å². The van der Waals surface area contributed by atoms with Gasteiger partial charge in [0.25, 0.3) is 5.91 Å². The first kappa shape index (κ1) is 17.1. The molecular weight excluding hydrogens is 308 g/mol. The van der Waals surface area contributed by atoms with Crippen LogP contribution in [0.1, 0.15) is 24.3 Å². The largest absolute Gasteiger partial charge is 0.508 e. The van der Waals surface area contributed by atoms with Crippen LogP contribution in [0.3, 0.4) is 0 Å². The molecule has 0 atom stereocenters. The van der Waals surface area contributed by atoms with E-state index in [2.05, 4.69) is 15.5 Å². The maximum absolute atomic E-state index is 11.6. The fourth-order valence-electron chi connectivity index (χ4n) is 2.06. The highest BCUT2D eigenvalue weighted by atomic mass is 16.3. The lowest BCUT2D eigenvalue weighted by atomic mass is 10.3. The number of primary amides is 1. The Bertz CT molecular complexity index is 837. The van der Waals surface area contributed by atoms with Gasteiger partial charge >= 0.3 is 0 Å². The fourth-order valence-corrected chi connectivity index (χ4v) is 2.06. The number of nitrogens with two attached hydrogens (primary N) is 1. The summed E-state index contributed by atoms with van der Waals surface area (Å²) in [7, 11) is 1.79. The third kappa shape index (κ3) is 3.72. The monoisotopic (exact) mass is 328 g/mol. The van der Waals surface area contributed by atoms with Gasteiger partial charge < -0.3 is 16.2 Å². The zero-order valence-corrected chi connectivity index (χ0v) is 13.8. The molecule has 0 aliphatic heterocycles. The summed E-state index contributed by atoms with van der Waals surface area (Å²) in [5.74, 6) is -0.541. The number of carbonyl (C=O) groups is 1. The second kappa shape index (κ2) is 7.32. The number of hydrogen-bond donors (Lipinski definition) is 3. The number of rotatable bonds is 4. The van der Waals surface area contributed by atoms with Crippen LogP contribution in [0.25, 0.3) is 5.69 Å². The number of amides is 1. The number of phenolic OH excluding ortho intramolecular Hbond substituents is 1. The quantitative estimate of drug-likeness (QED) is 0.680. The molecule has 3 aromatic rings. The van der Waals surface area contributed by atoms with Crippen LogP contribution in [-0.2, 0) is 7.05 Å². The van der Waals surface area contributed by atoms with Gasteiger partial charge in [-0.15, -0.1) is 0 Å². The van der Waals surface area contributed by atoms with E-state index in [1.54, 1.807) is 48.5 Å². The Hall–Kier alpha value is -3.29. The number of aromatic nitrogens is 4. The number of anilines is 2. The lowest BCUT2D eigenvalue weighted by Crippen LogP contribution is -2.14. The van der Waals surface area contributed by atoms with E-state index < -0.39 is 5.91 Å². The molecule has 0 unspecified atom stereocenters. The van der Waals surface area contributed by atoms with Crippen molar-refractivity contribution in [2.75, 3.05) is 5.32 Å². The third-order valence-electron chi connectivity index (χ3n) is 3.03. The molecule has 0 spiro atoms. The Morgan fingerprint density at radius 1 is 1.29 bits per heavy atom. The summed E-state index contributed by atoms with van der Waals surface area (Å²) in [6.07, 6.45) is 5.01. The molecule has 24 heavy (non-hydrogen) atoms. The first-order chi connectivity index (χ1) is 11.5. The fraction of sp³-hybridized carbons (Fsp3) is 0.188. The predicted octanol–water partition coefficient (Wildman–Crippen LogP) is 2.18. The van der Waals surface area contributed by atoms with Gasteiger partial charge in [0.1, 0.15) is 5.75 Å². The molecule has 0 fully saturated rings. The highest BCUT2D eigenvalue weighted by molar-refractivity contribution is 5.97. The van der Waals surface area contributed by atoms with Crippen molar-refractivity contribution < 1.29 is 9.90 Å². The predicted molar refractivity (Wildman–Crippen MR) is 91.6 cm³/mol. The summed E-state index contributed by atoms with van der Waals surface area (Å²) >= 11 is 0. The van der Waals surface area contributed by atoms with Gasteiger partial charge in [0.15, 0.2) is 5.69 Å². The number of hydrogen-bond acceptors (Lipinski definition) is 5. The molecule has 0 bridgehead atoms. The van der Waals surface area contributed by atoms with Crippen LogP contribution in [0, 0.1) is 0 Å². The normalized spacial score (nSPS) is 9.96. The van der Waals surface area contributed by atoms with Crippen molar-refractivity contribution in [2.24, 2.45) is 12.8 Å². The maximum Gasteiger partial charge on any atom is 0.271 e. The minimum absolute atomic E-state index is 0.104. The molecule has 4 N–H and O–H groups in total. The van der Waals surface area contributed by atoms with Gasteiger partial charge in [-0.3, -0.25) is 9.48 Å². The van der Waals surface area contributed by atoms with Crippen LogP contribution in [0.2, 0.25) is 0 Å². The molecule has 0 aliphatic carbocycles. The Balaban J connectivity index is 0.00000100. The standard InChI is InChI=1S/C14H14N6O2.C2H6/c1-19-7-9(6-16-19)17-12-8-20(18-13(12)14(15)22)10-3-2-4-11(21)5-10;1-2/h2-8,17,21H,1H3,(H2,15,22);1-2H3. The number of phenols is 1. The lowest BCUT2D eigenvalue weighted by Gasteiger charge is -2.01. The number of nitrogens with zero attached hydrogens (tertiary/aromatic N) is 4. The van der Waals surface area contributed by atoms with E-state index in [0.717, 1.165) is 0 Å². The van der Waals surface area contributed by atoms with E-state index in [9.17, 15) is 9.90 Å². The van der Waals surface area contributed by atoms with E-state index in [-0.39, 0.29) is 11.4 Å². The molecule has 126 valence electrons. The van der Waals surface area contributed by atoms with Gasteiger partial charge in [-0.25, -0.2) is 4.68 Å². The van der Waals surface area contributed by atoms with Gasteiger partial charge in [-0.1, -0.05) is 19.9 Å². The molecule has 1 amide bonds. The van der Waals surface area contributed by atoms with Gasteiger partial charge in [-0.05, 0) is 12.1 Å². The minimum atomic E-state index is -0.648. The zero-order valence-electron chi connectivity index (χ0n) is 13.8. The second-order valence-corrected chi connectivity index (χ2v) is 4.75. The summed E-state index contributed by atoms with van der Waals surface area (Å²) in [5.41, 5.74) is 7.26. The summed E-state index contributed by atoms with van der Waals surface area (Å²) in [6, 6.07) is 6.53. The van der Waals surface area contributed by atoms with Crippen LogP contribution < -0.4 is 11.1 Å². The topological polar surface area (TPSA) is 111 Å². The number of carbonyl (C=O) groups excluding carboxylic acids is 1. The van der Waals surface area contributed by atoms with Crippen LogP contribution in [0.5, 0.6) is 5.75 Å². The van der Waals surface area contributed by atoms with Crippen molar-refractivity contribution in [1.29, 1.82) is 0 Å². The van der Waals surface area contributed by atoms with Gasteiger partial charge in [0.05, 0.1) is 29.5 Å². The number of aryl methyl sites for hydroxylation is 1. The maximum atomic E-state index is 11.6. The lowest BCUT2D eigenvalue weighted by molar-refractivity contribution is 0.0996.